The number of carboxylic acids is 1. The quantitative estimate of drug-likeness (QED) is 0.742. The summed E-state index contributed by atoms with van der Waals surface area (Å²) >= 11 is 0. The zero-order valence-corrected chi connectivity index (χ0v) is 11.9. The Balaban J connectivity index is 3.11. The minimum atomic E-state index is -3.98. The van der Waals surface area contributed by atoms with Gasteiger partial charge in [0.15, 0.2) is 0 Å². The Morgan fingerprint density at radius 3 is 2.55 bits per heavy atom. The molecule has 0 saturated carbocycles. The Labute approximate surface area is 116 Å². The zero-order chi connectivity index (χ0) is 15.3. The lowest BCUT2D eigenvalue weighted by molar-refractivity contribution is -0.135. The van der Waals surface area contributed by atoms with E-state index in [-0.39, 0.29) is 17.1 Å². The van der Waals surface area contributed by atoms with Gasteiger partial charge in [-0.2, -0.15) is 4.72 Å². The second kappa shape index (κ2) is 6.49. The predicted octanol–water partition coefficient (Wildman–Crippen LogP) is 0.535. The maximum absolute atomic E-state index is 11.9. The lowest BCUT2D eigenvalue weighted by Gasteiger charge is -2.09. The van der Waals surface area contributed by atoms with Crippen LogP contribution in [0, 0.1) is 6.92 Å². The van der Waals surface area contributed by atoms with Crippen LogP contribution in [0.2, 0.25) is 0 Å². The molecule has 1 rings (SSSR count). The normalized spacial score (nSPS) is 11.1. The van der Waals surface area contributed by atoms with Gasteiger partial charge in [-0.15, -0.1) is 0 Å². The molecule has 8 heteroatoms. The number of benzene rings is 1. The third-order valence-electron chi connectivity index (χ3n) is 2.43. The average molecular weight is 301 g/mol. The number of rotatable bonds is 6. The van der Waals surface area contributed by atoms with Gasteiger partial charge in [-0.3, -0.25) is 4.79 Å². The molecular formula is C12H15NO6S. The average Bonchev–Trinajstić information content (AvgIpc) is 2.37. The first-order chi connectivity index (χ1) is 9.27. The third kappa shape index (κ3) is 4.04. The molecule has 0 spiro atoms. The van der Waals surface area contributed by atoms with Crippen molar-refractivity contribution in [2.45, 2.75) is 18.7 Å². The zero-order valence-electron chi connectivity index (χ0n) is 11.0. The van der Waals surface area contributed by atoms with Crippen molar-refractivity contribution in [1.82, 2.24) is 4.72 Å². The van der Waals surface area contributed by atoms with E-state index >= 15 is 0 Å². The molecule has 0 saturated heterocycles. The molecule has 0 fully saturated rings. The molecule has 2 N–H and O–H groups in total. The first kappa shape index (κ1) is 16.1. The largest absolute Gasteiger partial charge is 0.480 e. The number of carbonyl (C=O) groups excluding carboxylic acids is 1. The van der Waals surface area contributed by atoms with Gasteiger partial charge in [-0.1, -0.05) is 6.07 Å². The van der Waals surface area contributed by atoms with Crippen molar-refractivity contribution in [2.75, 3.05) is 13.2 Å². The number of ether oxygens (including phenoxy) is 1. The number of aliphatic carboxylic acids is 1. The van der Waals surface area contributed by atoms with Crippen molar-refractivity contribution in [3.8, 4) is 0 Å². The highest BCUT2D eigenvalue weighted by Gasteiger charge is 2.19. The van der Waals surface area contributed by atoms with Crippen LogP contribution in [0.15, 0.2) is 23.1 Å². The molecule has 0 aliphatic heterocycles. The molecule has 1 aromatic carbocycles. The van der Waals surface area contributed by atoms with Gasteiger partial charge in [0.25, 0.3) is 0 Å². The van der Waals surface area contributed by atoms with Crippen LogP contribution in [0.3, 0.4) is 0 Å². The standard InChI is InChI=1S/C12H15NO6S/c1-3-19-12(16)10-6-9(5-4-8(10)2)20(17,18)13-7-11(14)15/h4-6,13H,3,7H2,1-2H3,(H,14,15). The number of nitrogens with one attached hydrogen (secondary N) is 1. The summed E-state index contributed by atoms with van der Waals surface area (Å²) in [5, 5.41) is 8.48. The van der Waals surface area contributed by atoms with E-state index in [9.17, 15) is 18.0 Å². The molecule has 0 aliphatic rings. The highest BCUT2D eigenvalue weighted by molar-refractivity contribution is 7.89. The lowest BCUT2D eigenvalue weighted by Crippen LogP contribution is -2.29. The van der Waals surface area contributed by atoms with Gasteiger partial charge in [-0.25, -0.2) is 13.2 Å². The van der Waals surface area contributed by atoms with Crippen molar-refractivity contribution in [3.63, 3.8) is 0 Å². The van der Waals surface area contributed by atoms with E-state index in [1.165, 1.54) is 12.1 Å². The number of hydrogen-bond acceptors (Lipinski definition) is 5. The van der Waals surface area contributed by atoms with E-state index in [1.807, 2.05) is 4.72 Å². The van der Waals surface area contributed by atoms with Crippen molar-refractivity contribution < 1.29 is 27.9 Å². The van der Waals surface area contributed by atoms with Crippen molar-refractivity contribution >= 4 is 22.0 Å². The van der Waals surface area contributed by atoms with Crippen LogP contribution in [-0.4, -0.2) is 38.6 Å². The van der Waals surface area contributed by atoms with E-state index in [1.54, 1.807) is 13.8 Å². The first-order valence-electron chi connectivity index (χ1n) is 5.77. The summed E-state index contributed by atoms with van der Waals surface area (Å²) < 4.78 is 30.4. The molecular weight excluding hydrogens is 286 g/mol. The summed E-state index contributed by atoms with van der Waals surface area (Å²) in [6.45, 7) is 2.73. The van der Waals surface area contributed by atoms with Crippen molar-refractivity contribution in [1.29, 1.82) is 0 Å². The molecule has 0 aliphatic carbocycles. The number of carbonyl (C=O) groups is 2. The number of carboxylic acid groups (broad SMARTS) is 1. The van der Waals surface area contributed by atoms with Gasteiger partial charge >= 0.3 is 11.9 Å². The van der Waals surface area contributed by atoms with E-state index in [0.29, 0.717) is 5.56 Å². The van der Waals surface area contributed by atoms with Crippen LogP contribution < -0.4 is 4.72 Å². The van der Waals surface area contributed by atoms with E-state index in [0.717, 1.165) is 6.07 Å². The Kier molecular flexibility index (Phi) is 5.23. The predicted molar refractivity (Wildman–Crippen MR) is 70.0 cm³/mol. The maximum Gasteiger partial charge on any atom is 0.338 e. The molecule has 7 nitrogen and oxygen atoms in total. The summed E-state index contributed by atoms with van der Waals surface area (Å²) in [5.74, 6) is -1.92. The molecule has 20 heavy (non-hydrogen) atoms. The van der Waals surface area contributed by atoms with E-state index in [4.69, 9.17) is 9.84 Å². The molecule has 1 aromatic rings. The van der Waals surface area contributed by atoms with Gasteiger partial charge < -0.3 is 9.84 Å². The molecule has 0 bridgehead atoms. The van der Waals surface area contributed by atoms with E-state index < -0.39 is 28.5 Å². The minimum absolute atomic E-state index is 0.130. The van der Waals surface area contributed by atoms with Gasteiger partial charge in [0.05, 0.1) is 17.1 Å². The fourth-order valence-electron chi connectivity index (χ4n) is 1.44. The minimum Gasteiger partial charge on any atom is -0.480 e. The number of esters is 1. The van der Waals surface area contributed by atoms with Gasteiger partial charge in [0.2, 0.25) is 10.0 Å². The fourth-order valence-corrected chi connectivity index (χ4v) is 2.44. The fraction of sp³-hybridized carbons (Fsp3) is 0.333. The van der Waals surface area contributed by atoms with Crippen molar-refractivity contribution in [3.05, 3.63) is 29.3 Å². The second-order valence-corrected chi connectivity index (χ2v) is 5.68. The molecule has 0 amide bonds. The Morgan fingerprint density at radius 1 is 1.35 bits per heavy atom. The molecule has 0 aromatic heterocycles. The summed E-state index contributed by atoms with van der Waals surface area (Å²) in [6, 6.07) is 3.92. The van der Waals surface area contributed by atoms with Crippen LogP contribution in [0.4, 0.5) is 0 Å². The van der Waals surface area contributed by atoms with E-state index in [2.05, 4.69) is 0 Å². The Bertz CT molecular complexity index is 623. The first-order valence-corrected chi connectivity index (χ1v) is 7.25. The smallest absolute Gasteiger partial charge is 0.338 e. The second-order valence-electron chi connectivity index (χ2n) is 3.92. The summed E-state index contributed by atoms with van der Waals surface area (Å²) in [7, 11) is -3.98. The molecule has 0 atom stereocenters. The van der Waals surface area contributed by atoms with Crippen LogP contribution in [0.5, 0.6) is 0 Å². The maximum atomic E-state index is 11.9. The van der Waals surface area contributed by atoms with Crippen LogP contribution in [-0.2, 0) is 19.6 Å². The third-order valence-corrected chi connectivity index (χ3v) is 3.83. The van der Waals surface area contributed by atoms with Gasteiger partial charge in [-0.05, 0) is 31.5 Å². The Hall–Kier alpha value is -1.93. The molecule has 0 unspecified atom stereocenters. The van der Waals surface area contributed by atoms with Crippen LogP contribution >= 0.6 is 0 Å². The number of sulfonamides is 1. The number of hydrogen-bond donors (Lipinski definition) is 2. The molecule has 110 valence electrons. The van der Waals surface area contributed by atoms with Crippen LogP contribution in [0.1, 0.15) is 22.8 Å². The van der Waals surface area contributed by atoms with Gasteiger partial charge in [0, 0.05) is 0 Å². The highest BCUT2D eigenvalue weighted by atomic mass is 32.2. The highest BCUT2D eigenvalue weighted by Crippen LogP contribution is 2.16. The van der Waals surface area contributed by atoms with Gasteiger partial charge in [0.1, 0.15) is 6.54 Å². The lowest BCUT2D eigenvalue weighted by atomic mass is 10.1. The topological polar surface area (TPSA) is 110 Å². The summed E-state index contributed by atoms with van der Waals surface area (Å²) in [4.78, 5) is 21.9. The van der Waals surface area contributed by atoms with Crippen molar-refractivity contribution in [2.24, 2.45) is 0 Å². The SMILES string of the molecule is CCOC(=O)c1cc(S(=O)(=O)NCC(=O)O)ccc1C. The number of aryl methyl sites for hydroxylation is 1. The summed E-state index contributed by atoms with van der Waals surface area (Å²) in [6.07, 6.45) is 0. The molecule has 0 radical (unpaired) electrons. The summed E-state index contributed by atoms with van der Waals surface area (Å²) in [5.41, 5.74) is 0.700. The van der Waals surface area contributed by atoms with Crippen LogP contribution in [0.25, 0.3) is 0 Å². The molecule has 0 heterocycles. The monoisotopic (exact) mass is 301 g/mol. The Morgan fingerprint density at radius 2 is 2.00 bits per heavy atom.